The van der Waals surface area contributed by atoms with Crippen LogP contribution in [0, 0.1) is 11.3 Å². The van der Waals surface area contributed by atoms with Crippen LogP contribution in [-0.4, -0.2) is 35.5 Å². The zero-order valence-corrected chi connectivity index (χ0v) is 10.4. The highest BCUT2D eigenvalue weighted by molar-refractivity contribution is 6.06. The number of amides is 1. The Kier molecular flexibility index (Phi) is 4.18. The van der Waals surface area contributed by atoms with Crippen LogP contribution in [0.15, 0.2) is 21.4 Å². The van der Waals surface area contributed by atoms with Crippen LogP contribution in [-0.2, 0) is 9.53 Å². The van der Waals surface area contributed by atoms with Crippen molar-refractivity contribution in [2.75, 3.05) is 6.61 Å². The molecule has 1 aliphatic rings. The summed E-state index contributed by atoms with van der Waals surface area (Å²) in [6.45, 7) is 5.11. The van der Waals surface area contributed by atoms with Gasteiger partial charge in [0.05, 0.1) is 12.3 Å². The molecule has 0 saturated heterocycles. The second-order valence-corrected chi connectivity index (χ2v) is 3.72. The number of hydrogen-bond acceptors (Lipinski definition) is 6. The van der Waals surface area contributed by atoms with Crippen LogP contribution < -0.4 is 5.32 Å². The number of allylic oxidation sites excluding steroid dienone is 1. The third kappa shape index (κ3) is 2.93. The number of aliphatic imine (C=N–C) groups is 2. The summed E-state index contributed by atoms with van der Waals surface area (Å²) in [6, 6.07) is 1.76. The van der Waals surface area contributed by atoms with E-state index in [0.29, 0.717) is 6.61 Å². The molecule has 96 valence electrons. The zero-order valence-electron chi connectivity index (χ0n) is 10.4. The molecule has 0 aliphatic carbocycles. The third-order valence-corrected chi connectivity index (χ3v) is 2.31. The van der Waals surface area contributed by atoms with E-state index in [1.54, 1.807) is 19.9 Å². The summed E-state index contributed by atoms with van der Waals surface area (Å²) in [7, 11) is 0. The van der Waals surface area contributed by atoms with Crippen molar-refractivity contribution in [3.8, 4) is 6.07 Å². The van der Waals surface area contributed by atoms with Gasteiger partial charge in [-0.1, -0.05) is 0 Å². The maximum Gasteiger partial charge on any atom is 0.275 e. The largest absolute Gasteiger partial charge is 0.483 e. The fourth-order valence-electron chi connectivity index (χ4n) is 1.17. The molecule has 0 aromatic heterocycles. The standard InChI is InChI=1S/C11H14N4O3/c1-4-18-6-13-8(5-12)9-10(16)15-11(3,17)7(2)14-9/h6,17H,4H2,1-3H3,(H,15,16)/b9-8+,13-6?. The number of carbonyl (C=O) groups is 1. The number of aliphatic hydroxyl groups is 1. The maximum absolute atomic E-state index is 11.7. The summed E-state index contributed by atoms with van der Waals surface area (Å²) >= 11 is 0. The molecule has 0 spiro atoms. The van der Waals surface area contributed by atoms with E-state index in [0.717, 1.165) is 6.40 Å². The SMILES string of the molecule is CCOC=N/C(C#N)=C1/N=C(C)C(C)(O)NC1=O. The van der Waals surface area contributed by atoms with Gasteiger partial charge in [-0.05, 0) is 20.8 Å². The quantitative estimate of drug-likeness (QED) is 0.320. The Labute approximate surface area is 104 Å². The average molecular weight is 250 g/mol. The molecule has 0 saturated carbocycles. The monoisotopic (exact) mass is 250 g/mol. The molecule has 1 aliphatic heterocycles. The lowest BCUT2D eigenvalue weighted by Gasteiger charge is -2.28. The zero-order chi connectivity index (χ0) is 13.8. The Morgan fingerprint density at radius 2 is 2.44 bits per heavy atom. The summed E-state index contributed by atoms with van der Waals surface area (Å²) < 4.78 is 4.85. The van der Waals surface area contributed by atoms with Crippen LogP contribution in [0.3, 0.4) is 0 Å². The molecule has 7 nitrogen and oxygen atoms in total. The van der Waals surface area contributed by atoms with Gasteiger partial charge in [0, 0.05) is 0 Å². The summed E-state index contributed by atoms with van der Waals surface area (Å²) in [6.07, 6.45) is 1.08. The second-order valence-electron chi connectivity index (χ2n) is 3.72. The Bertz CT molecular complexity index is 483. The number of hydrogen-bond donors (Lipinski definition) is 2. The smallest absolute Gasteiger partial charge is 0.275 e. The van der Waals surface area contributed by atoms with Crippen molar-refractivity contribution in [3.63, 3.8) is 0 Å². The minimum absolute atomic E-state index is 0.141. The van der Waals surface area contributed by atoms with E-state index in [2.05, 4.69) is 15.3 Å². The summed E-state index contributed by atoms with van der Waals surface area (Å²) in [4.78, 5) is 19.3. The topological polar surface area (TPSA) is 107 Å². The van der Waals surface area contributed by atoms with Crippen LogP contribution >= 0.6 is 0 Å². The predicted octanol–water partition coefficient (Wildman–Crippen LogP) is 0.0856. The summed E-state index contributed by atoms with van der Waals surface area (Å²) in [5.41, 5.74) is -1.55. The van der Waals surface area contributed by atoms with Crippen LogP contribution in [0.4, 0.5) is 0 Å². The third-order valence-electron chi connectivity index (χ3n) is 2.31. The van der Waals surface area contributed by atoms with Crippen LogP contribution in [0.2, 0.25) is 0 Å². The molecule has 0 fully saturated rings. The molecule has 7 heteroatoms. The lowest BCUT2D eigenvalue weighted by Crippen LogP contribution is -2.54. The van der Waals surface area contributed by atoms with E-state index in [9.17, 15) is 9.90 Å². The Morgan fingerprint density at radius 1 is 1.78 bits per heavy atom. The van der Waals surface area contributed by atoms with Crippen molar-refractivity contribution < 1.29 is 14.6 Å². The number of rotatable bonds is 3. The number of nitrogens with zero attached hydrogens (tertiary/aromatic N) is 3. The molecule has 0 radical (unpaired) electrons. The van der Waals surface area contributed by atoms with Gasteiger partial charge in [0.25, 0.3) is 5.91 Å². The first-order valence-electron chi connectivity index (χ1n) is 5.31. The van der Waals surface area contributed by atoms with Gasteiger partial charge in [-0.3, -0.25) is 4.79 Å². The van der Waals surface area contributed by atoms with E-state index in [4.69, 9.17) is 10.00 Å². The van der Waals surface area contributed by atoms with Gasteiger partial charge in [0.2, 0.25) is 0 Å². The molecule has 0 aromatic rings. The van der Waals surface area contributed by atoms with E-state index >= 15 is 0 Å². The maximum atomic E-state index is 11.7. The Morgan fingerprint density at radius 3 is 3.00 bits per heavy atom. The van der Waals surface area contributed by atoms with E-state index < -0.39 is 11.6 Å². The first-order valence-corrected chi connectivity index (χ1v) is 5.31. The van der Waals surface area contributed by atoms with Gasteiger partial charge in [0.1, 0.15) is 6.07 Å². The Balaban J connectivity index is 3.17. The molecule has 1 unspecified atom stereocenters. The molecule has 18 heavy (non-hydrogen) atoms. The molecule has 2 N–H and O–H groups in total. The summed E-state index contributed by atoms with van der Waals surface area (Å²) in [5, 5.41) is 21.0. The van der Waals surface area contributed by atoms with E-state index in [1.807, 2.05) is 0 Å². The van der Waals surface area contributed by atoms with Gasteiger partial charge in [0.15, 0.2) is 23.5 Å². The molecule has 1 rings (SSSR count). The highest BCUT2D eigenvalue weighted by atomic mass is 16.5. The normalized spacial score (nSPS) is 26.4. The fourth-order valence-corrected chi connectivity index (χ4v) is 1.17. The van der Waals surface area contributed by atoms with E-state index in [1.165, 1.54) is 6.92 Å². The minimum atomic E-state index is -1.51. The molecular formula is C11H14N4O3. The van der Waals surface area contributed by atoms with Crippen LogP contribution in [0.5, 0.6) is 0 Å². The van der Waals surface area contributed by atoms with Crippen molar-refractivity contribution in [2.45, 2.75) is 26.5 Å². The van der Waals surface area contributed by atoms with Crippen molar-refractivity contribution in [1.82, 2.24) is 5.32 Å². The Hall–Kier alpha value is -2.20. The van der Waals surface area contributed by atoms with Gasteiger partial charge >= 0.3 is 0 Å². The lowest BCUT2D eigenvalue weighted by molar-refractivity contribution is -0.122. The highest BCUT2D eigenvalue weighted by Gasteiger charge is 2.34. The number of ether oxygens (including phenoxy) is 1. The van der Waals surface area contributed by atoms with Crippen molar-refractivity contribution in [3.05, 3.63) is 11.4 Å². The molecule has 1 atom stereocenters. The van der Waals surface area contributed by atoms with Gasteiger partial charge < -0.3 is 15.2 Å². The van der Waals surface area contributed by atoms with Crippen molar-refractivity contribution in [2.24, 2.45) is 9.98 Å². The summed E-state index contributed by atoms with van der Waals surface area (Å²) in [5.74, 6) is -0.657. The van der Waals surface area contributed by atoms with E-state index in [-0.39, 0.29) is 17.1 Å². The lowest BCUT2D eigenvalue weighted by atomic mass is 10.1. The fraction of sp³-hybridized carbons (Fsp3) is 0.455. The average Bonchev–Trinajstić information content (AvgIpc) is 2.30. The molecule has 1 amide bonds. The van der Waals surface area contributed by atoms with Gasteiger partial charge in [-0.25, -0.2) is 9.98 Å². The molecule has 0 bridgehead atoms. The first-order chi connectivity index (χ1) is 8.42. The second kappa shape index (κ2) is 5.42. The van der Waals surface area contributed by atoms with Crippen LogP contribution in [0.1, 0.15) is 20.8 Å². The highest BCUT2D eigenvalue weighted by Crippen LogP contribution is 2.17. The van der Waals surface area contributed by atoms with Crippen molar-refractivity contribution >= 4 is 18.0 Å². The molecule has 1 heterocycles. The van der Waals surface area contributed by atoms with Crippen LogP contribution in [0.25, 0.3) is 0 Å². The predicted molar refractivity (Wildman–Crippen MR) is 64.6 cm³/mol. The number of nitriles is 1. The molecular weight excluding hydrogens is 236 g/mol. The molecule has 0 aromatic carbocycles. The number of carbonyl (C=O) groups excluding carboxylic acids is 1. The van der Waals surface area contributed by atoms with Crippen molar-refractivity contribution in [1.29, 1.82) is 5.26 Å². The minimum Gasteiger partial charge on any atom is -0.483 e. The first kappa shape index (κ1) is 13.9. The van der Waals surface area contributed by atoms with Gasteiger partial charge in [-0.2, -0.15) is 5.26 Å². The van der Waals surface area contributed by atoms with Gasteiger partial charge in [-0.15, -0.1) is 0 Å². The number of nitrogens with one attached hydrogen (secondary N) is 1.